The SMILES string of the molecule is Cc1cc(OCC(=O)NC[C@@H](O)CCNC(=O)c2cc(C(F)F)no2)ccc1Cl. The zero-order chi connectivity index (χ0) is 21.4. The predicted molar refractivity (Wildman–Crippen MR) is 99.1 cm³/mol. The third-order valence-electron chi connectivity index (χ3n) is 3.77. The number of hydrogen-bond donors (Lipinski definition) is 3. The van der Waals surface area contributed by atoms with Crippen LogP contribution in [0.2, 0.25) is 5.02 Å². The quantitative estimate of drug-likeness (QED) is 0.531. The van der Waals surface area contributed by atoms with E-state index in [0.29, 0.717) is 10.8 Å². The van der Waals surface area contributed by atoms with Gasteiger partial charge in [0.2, 0.25) is 5.76 Å². The lowest BCUT2D eigenvalue weighted by Gasteiger charge is -2.13. The Kier molecular flexibility index (Phi) is 8.34. The Balaban J connectivity index is 1.63. The summed E-state index contributed by atoms with van der Waals surface area (Å²) in [4.78, 5) is 23.5. The number of carbonyl (C=O) groups is 2. The highest BCUT2D eigenvalue weighted by molar-refractivity contribution is 6.31. The highest BCUT2D eigenvalue weighted by Gasteiger charge is 2.18. The van der Waals surface area contributed by atoms with Gasteiger partial charge in [-0.1, -0.05) is 16.8 Å². The van der Waals surface area contributed by atoms with Crippen molar-refractivity contribution < 1.29 is 32.7 Å². The van der Waals surface area contributed by atoms with Crippen LogP contribution in [0.1, 0.15) is 34.7 Å². The van der Waals surface area contributed by atoms with Gasteiger partial charge in [-0.05, 0) is 37.1 Å². The summed E-state index contributed by atoms with van der Waals surface area (Å²) in [6.07, 6.45) is -3.64. The zero-order valence-corrected chi connectivity index (χ0v) is 16.2. The average molecular weight is 432 g/mol. The number of alkyl halides is 2. The van der Waals surface area contributed by atoms with Crippen molar-refractivity contribution >= 4 is 23.4 Å². The summed E-state index contributed by atoms with van der Waals surface area (Å²) in [5, 5.41) is 18.4. The molecule has 2 amide bonds. The standard InChI is InChI=1S/C18H20ClF2N3O5/c1-10-6-12(2-3-13(10)19)28-9-16(26)23-8-11(25)4-5-22-18(27)15-7-14(17(20)21)24-29-15/h2-3,6-7,11,17,25H,4-5,8-9H2,1H3,(H,22,27)(H,23,26)/t11-/m0/s1. The summed E-state index contributed by atoms with van der Waals surface area (Å²) in [5.74, 6) is -1.01. The minimum atomic E-state index is -2.83. The number of aliphatic hydroxyl groups excluding tert-OH is 1. The molecule has 11 heteroatoms. The van der Waals surface area contributed by atoms with Crippen LogP contribution in [0.3, 0.4) is 0 Å². The van der Waals surface area contributed by atoms with Crippen molar-refractivity contribution in [3.8, 4) is 5.75 Å². The van der Waals surface area contributed by atoms with Crippen LogP contribution in [0.15, 0.2) is 28.8 Å². The fourth-order valence-corrected chi connectivity index (χ4v) is 2.30. The molecule has 0 spiro atoms. The highest BCUT2D eigenvalue weighted by atomic mass is 35.5. The van der Waals surface area contributed by atoms with Crippen molar-refractivity contribution in [2.24, 2.45) is 0 Å². The molecule has 0 radical (unpaired) electrons. The van der Waals surface area contributed by atoms with E-state index in [0.717, 1.165) is 11.6 Å². The average Bonchev–Trinajstić information content (AvgIpc) is 3.18. The number of aliphatic hydroxyl groups is 1. The number of nitrogens with one attached hydrogen (secondary N) is 2. The molecule has 0 saturated heterocycles. The Bertz CT molecular complexity index is 847. The van der Waals surface area contributed by atoms with Crippen LogP contribution in [0.4, 0.5) is 8.78 Å². The van der Waals surface area contributed by atoms with Crippen LogP contribution in [0, 0.1) is 6.92 Å². The monoisotopic (exact) mass is 431 g/mol. The third kappa shape index (κ3) is 7.31. The maximum Gasteiger partial charge on any atom is 0.289 e. The molecule has 1 aromatic carbocycles. The van der Waals surface area contributed by atoms with Gasteiger partial charge in [-0.3, -0.25) is 9.59 Å². The predicted octanol–water partition coefficient (Wildman–Crippen LogP) is 2.25. The van der Waals surface area contributed by atoms with Gasteiger partial charge in [0.15, 0.2) is 12.3 Å². The van der Waals surface area contributed by atoms with Crippen LogP contribution in [-0.2, 0) is 4.79 Å². The van der Waals surface area contributed by atoms with Crippen molar-refractivity contribution in [2.45, 2.75) is 25.9 Å². The van der Waals surface area contributed by atoms with Gasteiger partial charge in [-0.25, -0.2) is 8.78 Å². The normalized spacial score (nSPS) is 11.9. The first kappa shape index (κ1) is 22.6. The largest absolute Gasteiger partial charge is 0.484 e. The molecule has 1 aromatic heterocycles. The molecule has 2 aromatic rings. The van der Waals surface area contributed by atoms with Crippen molar-refractivity contribution in [1.82, 2.24) is 15.8 Å². The number of benzene rings is 1. The van der Waals surface area contributed by atoms with Gasteiger partial charge < -0.3 is 25.0 Å². The number of amides is 2. The first-order chi connectivity index (χ1) is 13.8. The van der Waals surface area contributed by atoms with E-state index >= 15 is 0 Å². The zero-order valence-electron chi connectivity index (χ0n) is 15.5. The minimum Gasteiger partial charge on any atom is -0.484 e. The molecule has 2 rings (SSSR count). The van der Waals surface area contributed by atoms with E-state index in [1.54, 1.807) is 18.2 Å². The number of halogens is 3. The lowest BCUT2D eigenvalue weighted by Crippen LogP contribution is -2.37. The van der Waals surface area contributed by atoms with Gasteiger partial charge in [-0.2, -0.15) is 0 Å². The van der Waals surface area contributed by atoms with Gasteiger partial charge in [0.1, 0.15) is 5.75 Å². The van der Waals surface area contributed by atoms with Gasteiger partial charge in [0.05, 0.1) is 6.10 Å². The molecule has 29 heavy (non-hydrogen) atoms. The fourth-order valence-electron chi connectivity index (χ4n) is 2.18. The second kappa shape index (κ2) is 10.7. The Labute approximate surface area is 170 Å². The summed E-state index contributed by atoms with van der Waals surface area (Å²) < 4.78 is 34.7. The van der Waals surface area contributed by atoms with E-state index in [1.807, 2.05) is 6.92 Å². The Hall–Kier alpha value is -2.72. The van der Waals surface area contributed by atoms with Crippen LogP contribution in [0.25, 0.3) is 0 Å². The van der Waals surface area contributed by atoms with Crippen LogP contribution in [0.5, 0.6) is 5.75 Å². The van der Waals surface area contributed by atoms with Crippen molar-refractivity contribution in [2.75, 3.05) is 19.7 Å². The van der Waals surface area contributed by atoms with E-state index in [9.17, 15) is 23.5 Å². The first-order valence-corrected chi connectivity index (χ1v) is 9.00. The summed E-state index contributed by atoms with van der Waals surface area (Å²) in [6, 6.07) is 5.85. The van der Waals surface area contributed by atoms with Crippen molar-refractivity contribution in [3.05, 3.63) is 46.3 Å². The lowest BCUT2D eigenvalue weighted by atomic mass is 10.2. The summed E-state index contributed by atoms with van der Waals surface area (Å²) in [6.45, 7) is 1.57. The molecule has 0 unspecified atom stereocenters. The molecule has 158 valence electrons. The van der Waals surface area contributed by atoms with Crippen molar-refractivity contribution in [3.63, 3.8) is 0 Å². The topological polar surface area (TPSA) is 114 Å². The van der Waals surface area contributed by atoms with E-state index in [4.69, 9.17) is 16.3 Å². The number of carbonyl (C=O) groups excluding carboxylic acids is 2. The highest BCUT2D eigenvalue weighted by Crippen LogP contribution is 2.21. The van der Waals surface area contributed by atoms with Gasteiger partial charge in [0.25, 0.3) is 18.2 Å². The Morgan fingerprint density at radius 2 is 2.07 bits per heavy atom. The van der Waals surface area contributed by atoms with Crippen LogP contribution >= 0.6 is 11.6 Å². The number of nitrogens with zero attached hydrogens (tertiary/aromatic N) is 1. The second-order valence-corrected chi connectivity index (χ2v) is 6.53. The summed E-state index contributed by atoms with van der Waals surface area (Å²) in [7, 11) is 0. The number of hydrogen-bond acceptors (Lipinski definition) is 6. The fraction of sp³-hybridized carbons (Fsp3) is 0.389. The molecule has 0 bridgehead atoms. The molecule has 0 aliphatic rings. The maximum atomic E-state index is 12.4. The molecule has 1 heterocycles. The molecule has 3 N–H and O–H groups in total. The minimum absolute atomic E-state index is 0.0428. The van der Waals surface area contributed by atoms with Gasteiger partial charge in [-0.15, -0.1) is 0 Å². The number of ether oxygens (including phenoxy) is 1. The smallest absolute Gasteiger partial charge is 0.289 e. The molecule has 0 aliphatic heterocycles. The summed E-state index contributed by atoms with van der Waals surface area (Å²) >= 11 is 5.91. The van der Waals surface area contributed by atoms with Gasteiger partial charge in [0, 0.05) is 24.2 Å². The van der Waals surface area contributed by atoms with E-state index in [2.05, 4.69) is 20.3 Å². The maximum absolute atomic E-state index is 12.4. The van der Waals surface area contributed by atoms with E-state index in [-0.39, 0.29) is 31.9 Å². The molecular formula is C18H20ClF2N3O5. The van der Waals surface area contributed by atoms with E-state index < -0.39 is 30.0 Å². The molecule has 8 nitrogen and oxygen atoms in total. The van der Waals surface area contributed by atoms with Crippen LogP contribution < -0.4 is 15.4 Å². The first-order valence-electron chi connectivity index (χ1n) is 8.63. The Morgan fingerprint density at radius 3 is 2.72 bits per heavy atom. The number of aromatic nitrogens is 1. The van der Waals surface area contributed by atoms with Crippen LogP contribution in [-0.4, -0.2) is 47.9 Å². The van der Waals surface area contributed by atoms with Crippen molar-refractivity contribution in [1.29, 1.82) is 0 Å². The van der Waals surface area contributed by atoms with Gasteiger partial charge >= 0.3 is 0 Å². The molecule has 0 aliphatic carbocycles. The third-order valence-corrected chi connectivity index (χ3v) is 4.20. The lowest BCUT2D eigenvalue weighted by molar-refractivity contribution is -0.123. The number of rotatable bonds is 10. The second-order valence-electron chi connectivity index (χ2n) is 6.12. The van der Waals surface area contributed by atoms with E-state index in [1.165, 1.54) is 0 Å². The number of aryl methyl sites for hydroxylation is 1. The molecule has 0 saturated carbocycles. The molecule has 1 atom stereocenters. The Morgan fingerprint density at radius 1 is 1.31 bits per heavy atom. The molecular weight excluding hydrogens is 412 g/mol. The molecule has 0 fully saturated rings. The summed E-state index contributed by atoms with van der Waals surface area (Å²) in [5.41, 5.74) is 0.187.